The zero-order valence-electron chi connectivity index (χ0n) is 8.78. The third-order valence-electron chi connectivity index (χ3n) is 2.39. The number of carbonyl (C=O) groups is 2. The van der Waals surface area contributed by atoms with E-state index < -0.39 is 11.9 Å². The van der Waals surface area contributed by atoms with Gasteiger partial charge in [-0.2, -0.15) is 0 Å². The number of benzene rings is 1. The van der Waals surface area contributed by atoms with Gasteiger partial charge in [0, 0.05) is 10.9 Å². The van der Waals surface area contributed by atoms with Gasteiger partial charge in [0.1, 0.15) is 0 Å². The average Bonchev–Trinajstić information content (AvgIpc) is 2.62. The van der Waals surface area contributed by atoms with E-state index in [9.17, 15) is 9.59 Å². The number of methoxy groups -OCH3 is 1. The molecule has 0 aliphatic heterocycles. The lowest BCUT2D eigenvalue weighted by Gasteiger charge is -1.99. The van der Waals surface area contributed by atoms with Gasteiger partial charge in [-0.15, -0.1) is 0 Å². The number of fused-ring (bicyclic) bond motifs is 1. The fourth-order valence-corrected chi connectivity index (χ4v) is 2.22. The van der Waals surface area contributed by atoms with Gasteiger partial charge >= 0.3 is 11.9 Å². The highest BCUT2D eigenvalue weighted by Crippen LogP contribution is 2.27. The number of hydrogen-bond acceptors (Lipinski definition) is 3. The normalized spacial score (nSPS) is 10.5. The number of carbonyl (C=O) groups excluding carboxylic acids is 1. The Morgan fingerprint density at radius 1 is 1.41 bits per heavy atom. The smallest absolute Gasteiger partial charge is 0.339 e. The second kappa shape index (κ2) is 4.21. The summed E-state index contributed by atoms with van der Waals surface area (Å²) >= 11 is 3.14. The van der Waals surface area contributed by atoms with E-state index in [0.29, 0.717) is 21.1 Å². The molecule has 0 bridgehead atoms. The second-order valence-corrected chi connectivity index (χ2v) is 4.16. The summed E-state index contributed by atoms with van der Waals surface area (Å²) in [6.07, 6.45) is 0. The van der Waals surface area contributed by atoms with Crippen molar-refractivity contribution in [1.82, 2.24) is 4.98 Å². The molecule has 0 spiro atoms. The molecule has 0 aliphatic carbocycles. The molecule has 1 aromatic heterocycles. The number of rotatable bonds is 2. The zero-order valence-corrected chi connectivity index (χ0v) is 10.4. The van der Waals surface area contributed by atoms with Gasteiger partial charge in [-0.1, -0.05) is 6.07 Å². The molecule has 2 aromatic rings. The number of carboxylic acids is 1. The van der Waals surface area contributed by atoms with E-state index in [1.165, 1.54) is 13.2 Å². The quantitative estimate of drug-likeness (QED) is 0.834. The van der Waals surface area contributed by atoms with Crippen molar-refractivity contribution in [3.63, 3.8) is 0 Å². The Kier molecular flexibility index (Phi) is 2.89. The summed E-state index contributed by atoms with van der Waals surface area (Å²) in [4.78, 5) is 25.2. The van der Waals surface area contributed by atoms with Crippen LogP contribution in [-0.4, -0.2) is 29.1 Å². The molecule has 5 nitrogen and oxygen atoms in total. The summed E-state index contributed by atoms with van der Waals surface area (Å²) in [7, 11) is 1.29. The fourth-order valence-electron chi connectivity index (χ4n) is 1.62. The first-order chi connectivity index (χ1) is 8.04. The number of nitrogens with one attached hydrogen (secondary N) is 1. The molecule has 1 heterocycles. The van der Waals surface area contributed by atoms with Gasteiger partial charge in [0.25, 0.3) is 0 Å². The van der Waals surface area contributed by atoms with Crippen molar-refractivity contribution in [3.05, 3.63) is 33.9 Å². The minimum Gasteiger partial charge on any atom is -0.478 e. The Labute approximate surface area is 105 Å². The molecule has 0 saturated carbocycles. The number of aromatic nitrogens is 1. The van der Waals surface area contributed by atoms with E-state index in [2.05, 4.69) is 25.7 Å². The fraction of sp³-hybridized carbons (Fsp3) is 0.0909. The Morgan fingerprint density at radius 2 is 2.12 bits per heavy atom. The molecule has 1 aromatic carbocycles. The Balaban J connectivity index is 2.65. The van der Waals surface area contributed by atoms with E-state index in [4.69, 9.17) is 5.11 Å². The van der Waals surface area contributed by atoms with Crippen molar-refractivity contribution in [1.29, 1.82) is 0 Å². The highest BCUT2D eigenvalue weighted by atomic mass is 79.9. The van der Waals surface area contributed by atoms with E-state index in [1.54, 1.807) is 12.1 Å². The van der Waals surface area contributed by atoms with Crippen LogP contribution in [0.2, 0.25) is 0 Å². The predicted octanol–water partition coefficient (Wildman–Crippen LogP) is 2.42. The van der Waals surface area contributed by atoms with Crippen molar-refractivity contribution in [2.24, 2.45) is 0 Å². The first-order valence-corrected chi connectivity index (χ1v) is 5.46. The minimum atomic E-state index is -1.03. The topological polar surface area (TPSA) is 79.4 Å². The number of esters is 1. The highest BCUT2D eigenvalue weighted by Gasteiger charge is 2.17. The first-order valence-electron chi connectivity index (χ1n) is 4.67. The molecule has 0 unspecified atom stereocenters. The van der Waals surface area contributed by atoms with Crippen molar-refractivity contribution in [2.75, 3.05) is 7.11 Å². The summed E-state index contributed by atoms with van der Waals surface area (Å²) in [6, 6.07) is 4.66. The molecule has 0 radical (unpaired) electrons. The SMILES string of the molecule is COC(=O)c1ccc2c(C(=O)O)c(Br)[nH]c2c1. The van der Waals surface area contributed by atoms with Crippen LogP contribution in [0.15, 0.2) is 22.8 Å². The van der Waals surface area contributed by atoms with Gasteiger partial charge in [-0.05, 0) is 28.1 Å². The lowest BCUT2D eigenvalue weighted by Crippen LogP contribution is -2.00. The Hall–Kier alpha value is -1.82. The molecular weight excluding hydrogens is 290 g/mol. The minimum absolute atomic E-state index is 0.149. The molecule has 0 aliphatic rings. The maximum atomic E-state index is 11.3. The molecule has 0 atom stereocenters. The van der Waals surface area contributed by atoms with Crippen LogP contribution in [0.3, 0.4) is 0 Å². The lowest BCUT2D eigenvalue weighted by molar-refractivity contribution is 0.0600. The van der Waals surface area contributed by atoms with E-state index in [1.807, 2.05) is 0 Å². The van der Waals surface area contributed by atoms with Crippen LogP contribution in [0.4, 0.5) is 0 Å². The average molecular weight is 298 g/mol. The highest BCUT2D eigenvalue weighted by molar-refractivity contribution is 9.10. The van der Waals surface area contributed by atoms with Gasteiger partial charge in [0.05, 0.1) is 22.8 Å². The first kappa shape index (κ1) is 11.7. The lowest BCUT2D eigenvalue weighted by atomic mass is 10.1. The van der Waals surface area contributed by atoms with Gasteiger partial charge in [0.15, 0.2) is 0 Å². The van der Waals surface area contributed by atoms with E-state index in [-0.39, 0.29) is 5.56 Å². The maximum absolute atomic E-state index is 11.3. The van der Waals surface area contributed by atoms with Crippen LogP contribution in [-0.2, 0) is 4.74 Å². The molecular formula is C11H8BrNO4. The Bertz CT molecular complexity index is 617. The summed E-state index contributed by atoms with van der Waals surface area (Å²) in [6.45, 7) is 0. The largest absolute Gasteiger partial charge is 0.478 e. The molecule has 88 valence electrons. The summed E-state index contributed by atoms with van der Waals surface area (Å²) in [5, 5.41) is 9.57. The third kappa shape index (κ3) is 1.91. The summed E-state index contributed by atoms with van der Waals surface area (Å²) < 4.78 is 4.97. The van der Waals surface area contributed by atoms with Gasteiger partial charge in [-0.25, -0.2) is 9.59 Å². The number of hydrogen-bond donors (Lipinski definition) is 2. The molecule has 0 saturated heterocycles. The van der Waals surface area contributed by atoms with Crippen molar-refractivity contribution >= 4 is 38.8 Å². The number of carboxylic acid groups (broad SMARTS) is 1. The molecule has 2 N–H and O–H groups in total. The number of halogens is 1. The van der Waals surface area contributed by atoms with Gasteiger partial charge in [0.2, 0.25) is 0 Å². The number of ether oxygens (including phenoxy) is 1. The van der Waals surface area contributed by atoms with Crippen molar-refractivity contribution in [3.8, 4) is 0 Å². The molecule has 17 heavy (non-hydrogen) atoms. The van der Waals surface area contributed by atoms with Crippen LogP contribution in [0.5, 0.6) is 0 Å². The number of aromatic carboxylic acids is 1. The van der Waals surface area contributed by atoms with Crippen LogP contribution >= 0.6 is 15.9 Å². The van der Waals surface area contributed by atoms with E-state index in [0.717, 1.165) is 0 Å². The van der Waals surface area contributed by atoms with Crippen LogP contribution in [0, 0.1) is 0 Å². The predicted molar refractivity (Wildman–Crippen MR) is 64.3 cm³/mol. The summed E-state index contributed by atoms with van der Waals surface area (Å²) in [5.41, 5.74) is 1.08. The monoisotopic (exact) mass is 297 g/mol. The van der Waals surface area contributed by atoms with Gasteiger partial charge in [-0.3, -0.25) is 0 Å². The molecule has 0 amide bonds. The van der Waals surface area contributed by atoms with Crippen LogP contribution in [0.25, 0.3) is 10.9 Å². The third-order valence-corrected chi connectivity index (χ3v) is 2.98. The number of H-pyrrole nitrogens is 1. The van der Waals surface area contributed by atoms with Gasteiger partial charge < -0.3 is 14.8 Å². The molecule has 2 rings (SSSR count). The Morgan fingerprint density at radius 3 is 2.71 bits per heavy atom. The van der Waals surface area contributed by atoms with Crippen LogP contribution in [0.1, 0.15) is 20.7 Å². The molecule has 0 fully saturated rings. The summed E-state index contributed by atoms with van der Waals surface area (Å²) in [5.74, 6) is -1.50. The second-order valence-electron chi connectivity index (χ2n) is 3.37. The number of aromatic amines is 1. The van der Waals surface area contributed by atoms with E-state index >= 15 is 0 Å². The maximum Gasteiger partial charge on any atom is 0.339 e. The zero-order chi connectivity index (χ0) is 12.6. The van der Waals surface area contributed by atoms with Crippen molar-refractivity contribution in [2.45, 2.75) is 0 Å². The standard InChI is InChI=1S/C11H8BrNO4/c1-17-11(16)5-2-3-6-7(4-5)13-9(12)8(6)10(14)15/h2-4,13H,1H3,(H,14,15). The van der Waals surface area contributed by atoms with Crippen LogP contribution < -0.4 is 0 Å². The molecule has 6 heteroatoms. The van der Waals surface area contributed by atoms with Crippen molar-refractivity contribution < 1.29 is 19.4 Å².